The zero-order valence-corrected chi connectivity index (χ0v) is 8.97. The van der Waals surface area contributed by atoms with Gasteiger partial charge in [-0.3, -0.25) is 0 Å². The van der Waals surface area contributed by atoms with E-state index in [-0.39, 0.29) is 6.03 Å². The number of nitrogens with one attached hydrogen (secondary N) is 1. The molecular formula is C11H18N2O. The summed E-state index contributed by atoms with van der Waals surface area (Å²) in [5, 5.41) is 2.89. The molecule has 0 radical (unpaired) electrons. The summed E-state index contributed by atoms with van der Waals surface area (Å²) in [5.74, 6) is 2.62. The molecule has 0 aromatic rings. The van der Waals surface area contributed by atoms with E-state index >= 15 is 0 Å². The van der Waals surface area contributed by atoms with E-state index in [9.17, 15) is 4.79 Å². The fourth-order valence-corrected chi connectivity index (χ4v) is 1.46. The molecule has 0 spiro atoms. The van der Waals surface area contributed by atoms with Gasteiger partial charge in [-0.1, -0.05) is 12.8 Å². The highest BCUT2D eigenvalue weighted by Crippen LogP contribution is 2.11. The molecule has 0 aliphatic carbocycles. The van der Waals surface area contributed by atoms with E-state index in [1.54, 1.807) is 0 Å². The molecule has 3 nitrogen and oxygen atoms in total. The largest absolute Gasteiger partial charge is 0.325 e. The van der Waals surface area contributed by atoms with Crippen LogP contribution in [0.4, 0.5) is 4.79 Å². The lowest BCUT2D eigenvalue weighted by Gasteiger charge is -2.26. The Labute approximate surface area is 85.9 Å². The van der Waals surface area contributed by atoms with Gasteiger partial charge >= 0.3 is 6.03 Å². The Morgan fingerprint density at radius 3 is 2.57 bits per heavy atom. The van der Waals surface area contributed by atoms with E-state index in [4.69, 9.17) is 6.42 Å². The van der Waals surface area contributed by atoms with Crippen molar-refractivity contribution in [3.63, 3.8) is 0 Å². The Kier molecular flexibility index (Phi) is 3.40. The lowest BCUT2D eigenvalue weighted by molar-refractivity contribution is 0.200. The number of terminal acetylenes is 1. The van der Waals surface area contributed by atoms with Crippen LogP contribution in [-0.2, 0) is 0 Å². The summed E-state index contributed by atoms with van der Waals surface area (Å²) in [5.41, 5.74) is -0.500. The predicted molar refractivity (Wildman–Crippen MR) is 56.9 cm³/mol. The summed E-state index contributed by atoms with van der Waals surface area (Å²) in [7, 11) is 0. The van der Waals surface area contributed by atoms with Crippen molar-refractivity contribution < 1.29 is 4.79 Å². The smallest absolute Gasteiger partial charge is 0.318 e. The maximum atomic E-state index is 11.7. The van der Waals surface area contributed by atoms with Gasteiger partial charge in [-0.2, -0.15) is 0 Å². The average Bonchev–Trinajstić information content (AvgIpc) is 2.70. The second-order valence-corrected chi connectivity index (χ2v) is 3.95. The maximum Gasteiger partial charge on any atom is 0.318 e. The quantitative estimate of drug-likeness (QED) is 0.665. The predicted octanol–water partition coefficient (Wildman–Crippen LogP) is 1.59. The molecule has 0 aromatic carbocycles. The van der Waals surface area contributed by atoms with Crippen LogP contribution in [-0.4, -0.2) is 29.6 Å². The number of amides is 2. The Balaban J connectivity index is 2.51. The van der Waals surface area contributed by atoms with Gasteiger partial charge in [0.05, 0.1) is 5.54 Å². The number of hydrogen-bond donors (Lipinski definition) is 1. The van der Waals surface area contributed by atoms with Crippen molar-refractivity contribution in [2.45, 2.75) is 38.6 Å². The third-order valence-electron chi connectivity index (χ3n) is 2.80. The van der Waals surface area contributed by atoms with Crippen molar-refractivity contribution in [1.82, 2.24) is 10.2 Å². The first-order valence-corrected chi connectivity index (χ1v) is 5.16. The number of hydrogen-bond acceptors (Lipinski definition) is 1. The second kappa shape index (κ2) is 4.36. The van der Waals surface area contributed by atoms with Crippen molar-refractivity contribution in [2.75, 3.05) is 13.1 Å². The number of carbonyl (C=O) groups excluding carboxylic acids is 1. The lowest BCUT2D eigenvalue weighted by atomic mass is 10.0. The monoisotopic (exact) mass is 194 g/mol. The molecule has 3 heteroatoms. The van der Waals surface area contributed by atoms with Crippen LogP contribution in [0.5, 0.6) is 0 Å². The van der Waals surface area contributed by atoms with Gasteiger partial charge in [0, 0.05) is 13.1 Å². The molecule has 1 aliphatic heterocycles. The summed E-state index contributed by atoms with van der Waals surface area (Å²) in [6.07, 6.45) is 8.34. The molecule has 2 amide bonds. The molecule has 1 N–H and O–H groups in total. The highest BCUT2D eigenvalue weighted by atomic mass is 16.2. The third-order valence-corrected chi connectivity index (χ3v) is 2.80. The van der Waals surface area contributed by atoms with Gasteiger partial charge in [-0.05, 0) is 26.2 Å². The number of urea groups is 1. The van der Waals surface area contributed by atoms with Crippen LogP contribution in [0.2, 0.25) is 0 Å². The van der Waals surface area contributed by atoms with E-state index < -0.39 is 5.54 Å². The standard InChI is InChI=1S/C11H18N2O/c1-4-11(3,5-2)12-10(14)13-8-6-7-9-13/h1H,5-9H2,2-3H3,(H,12,14). The molecule has 1 aliphatic rings. The van der Waals surface area contributed by atoms with Gasteiger partial charge in [0.2, 0.25) is 0 Å². The average molecular weight is 194 g/mol. The molecule has 1 unspecified atom stereocenters. The van der Waals surface area contributed by atoms with E-state index in [0.717, 1.165) is 32.4 Å². The van der Waals surface area contributed by atoms with Crippen LogP contribution >= 0.6 is 0 Å². The van der Waals surface area contributed by atoms with Gasteiger partial charge in [-0.15, -0.1) is 6.42 Å². The third kappa shape index (κ3) is 2.41. The molecule has 78 valence electrons. The van der Waals surface area contributed by atoms with Crippen LogP contribution < -0.4 is 5.32 Å². The van der Waals surface area contributed by atoms with E-state index in [2.05, 4.69) is 11.2 Å². The second-order valence-electron chi connectivity index (χ2n) is 3.95. The molecule has 1 fully saturated rings. The summed E-state index contributed by atoms with van der Waals surface area (Å²) < 4.78 is 0. The summed E-state index contributed by atoms with van der Waals surface area (Å²) in [6.45, 7) is 5.57. The first-order chi connectivity index (χ1) is 6.61. The Morgan fingerprint density at radius 1 is 1.57 bits per heavy atom. The topological polar surface area (TPSA) is 32.3 Å². The van der Waals surface area contributed by atoms with Crippen LogP contribution in [0, 0.1) is 12.3 Å². The SMILES string of the molecule is C#CC(C)(CC)NC(=O)N1CCCC1. The normalized spacial score (nSPS) is 19.9. The van der Waals surface area contributed by atoms with Crippen molar-refractivity contribution in [3.05, 3.63) is 0 Å². The minimum Gasteiger partial charge on any atom is -0.325 e. The Morgan fingerprint density at radius 2 is 2.14 bits per heavy atom. The van der Waals surface area contributed by atoms with Crippen molar-refractivity contribution in [3.8, 4) is 12.3 Å². The highest BCUT2D eigenvalue weighted by Gasteiger charge is 2.25. The maximum absolute atomic E-state index is 11.7. The van der Waals surface area contributed by atoms with Gasteiger partial charge in [0.25, 0.3) is 0 Å². The molecule has 1 heterocycles. The van der Waals surface area contributed by atoms with Gasteiger partial charge < -0.3 is 10.2 Å². The molecule has 14 heavy (non-hydrogen) atoms. The zero-order valence-electron chi connectivity index (χ0n) is 8.97. The fraction of sp³-hybridized carbons (Fsp3) is 0.727. The zero-order chi connectivity index (χ0) is 10.6. The summed E-state index contributed by atoms with van der Waals surface area (Å²) in [4.78, 5) is 13.5. The van der Waals surface area contributed by atoms with Crippen LogP contribution in [0.15, 0.2) is 0 Å². The Bertz CT molecular complexity index is 251. The van der Waals surface area contributed by atoms with E-state index in [1.807, 2.05) is 18.7 Å². The fourth-order valence-electron chi connectivity index (χ4n) is 1.46. The first kappa shape index (κ1) is 10.9. The lowest BCUT2D eigenvalue weighted by Crippen LogP contribution is -2.49. The van der Waals surface area contributed by atoms with E-state index in [1.165, 1.54) is 0 Å². The molecule has 1 rings (SSSR count). The minimum absolute atomic E-state index is 0.0233. The van der Waals surface area contributed by atoms with Gasteiger partial charge in [0.15, 0.2) is 0 Å². The van der Waals surface area contributed by atoms with Crippen LogP contribution in [0.3, 0.4) is 0 Å². The number of likely N-dealkylation sites (tertiary alicyclic amines) is 1. The van der Waals surface area contributed by atoms with Gasteiger partial charge in [-0.25, -0.2) is 4.79 Å². The number of rotatable bonds is 2. The van der Waals surface area contributed by atoms with Crippen molar-refractivity contribution in [1.29, 1.82) is 0 Å². The van der Waals surface area contributed by atoms with E-state index in [0.29, 0.717) is 0 Å². The van der Waals surface area contributed by atoms with Crippen LogP contribution in [0.25, 0.3) is 0 Å². The van der Waals surface area contributed by atoms with Crippen LogP contribution in [0.1, 0.15) is 33.1 Å². The number of nitrogens with zero attached hydrogens (tertiary/aromatic N) is 1. The number of carbonyl (C=O) groups is 1. The summed E-state index contributed by atoms with van der Waals surface area (Å²) in [6, 6.07) is -0.0233. The molecule has 0 bridgehead atoms. The summed E-state index contributed by atoms with van der Waals surface area (Å²) >= 11 is 0. The van der Waals surface area contributed by atoms with Crippen molar-refractivity contribution >= 4 is 6.03 Å². The Hall–Kier alpha value is -1.17. The minimum atomic E-state index is -0.500. The first-order valence-electron chi connectivity index (χ1n) is 5.16. The van der Waals surface area contributed by atoms with Crippen molar-refractivity contribution in [2.24, 2.45) is 0 Å². The molecular weight excluding hydrogens is 176 g/mol. The van der Waals surface area contributed by atoms with Gasteiger partial charge in [0.1, 0.15) is 0 Å². The highest BCUT2D eigenvalue weighted by molar-refractivity contribution is 5.75. The molecule has 0 aromatic heterocycles. The molecule has 0 saturated carbocycles. The molecule has 1 saturated heterocycles. The molecule has 1 atom stereocenters.